The Labute approximate surface area is 114 Å². The summed E-state index contributed by atoms with van der Waals surface area (Å²) >= 11 is 0. The van der Waals surface area contributed by atoms with Gasteiger partial charge in [0, 0.05) is 32.7 Å². The number of hydrogen-bond acceptors (Lipinski definition) is 5. The van der Waals surface area contributed by atoms with E-state index in [2.05, 4.69) is 0 Å². The van der Waals surface area contributed by atoms with Gasteiger partial charge in [-0.2, -0.15) is 17.0 Å². The van der Waals surface area contributed by atoms with Crippen LogP contribution in [0.3, 0.4) is 0 Å². The molecule has 2 fully saturated rings. The number of aliphatic hydroxyl groups is 1. The molecule has 0 aromatic carbocycles. The lowest BCUT2D eigenvalue weighted by atomic mass is 10.0. The van der Waals surface area contributed by atoms with E-state index in [4.69, 9.17) is 4.74 Å². The fourth-order valence-corrected chi connectivity index (χ4v) is 4.34. The van der Waals surface area contributed by atoms with Gasteiger partial charge in [0.25, 0.3) is 10.2 Å². The molecule has 7 nitrogen and oxygen atoms in total. The number of ether oxygens (including phenoxy) is 1. The van der Waals surface area contributed by atoms with E-state index in [0.29, 0.717) is 45.8 Å². The lowest BCUT2D eigenvalue weighted by Crippen LogP contribution is -2.50. The maximum Gasteiger partial charge on any atom is 0.282 e. The molecule has 2 heterocycles. The summed E-state index contributed by atoms with van der Waals surface area (Å²) in [4.78, 5) is 1.88. The number of morpholine rings is 1. The SMILES string of the molecule is CN(C)CC1(O)CCN(S(=O)(=O)N2CCOCC2)C1. The van der Waals surface area contributed by atoms with Crippen LogP contribution >= 0.6 is 0 Å². The molecule has 0 aromatic heterocycles. The standard InChI is InChI=1S/C11H23N3O4S/c1-12(2)9-11(15)3-4-14(10-11)19(16,17)13-5-7-18-8-6-13/h15H,3-10H2,1-2H3. The van der Waals surface area contributed by atoms with Crippen LogP contribution in [0.2, 0.25) is 0 Å². The number of likely N-dealkylation sites (N-methyl/N-ethyl adjacent to an activating group) is 1. The summed E-state index contributed by atoms with van der Waals surface area (Å²) in [7, 11) is 0.284. The lowest BCUT2D eigenvalue weighted by molar-refractivity contribution is 0.0291. The van der Waals surface area contributed by atoms with Crippen LogP contribution in [0.4, 0.5) is 0 Å². The van der Waals surface area contributed by atoms with Crippen molar-refractivity contribution < 1.29 is 18.3 Å². The van der Waals surface area contributed by atoms with Crippen LogP contribution in [0.1, 0.15) is 6.42 Å². The van der Waals surface area contributed by atoms with Crippen molar-refractivity contribution in [2.24, 2.45) is 0 Å². The summed E-state index contributed by atoms with van der Waals surface area (Å²) in [6.07, 6.45) is 0.481. The monoisotopic (exact) mass is 293 g/mol. The van der Waals surface area contributed by atoms with Gasteiger partial charge >= 0.3 is 0 Å². The molecule has 0 radical (unpaired) electrons. The molecule has 112 valence electrons. The Kier molecular flexibility index (Phi) is 4.49. The molecule has 1 unspecified atom stereocenters. The highest BCUT2D eigenvalue weighted by atomic mass is 32.2. The summed E-state index contributed by atoms with van der Waals surface area (Å²) in [5.74, 6) is 0. The predicted molar refractivity (Wildman–Crippen MR) is 71.0 cm³/mol. The third-order valence-corrected chi connectivity index (χ3v) is 5.51. The van der Waals surface area contributed by atoms with Gasteiger partial charge < -0.3 is 14.7 Å². The summed E-state index contributed by atoms with van der Waals surface area (Å²) < 4.78 is 32.9. The molecule has 2 aliphatic rings. The highest BCUT2D eigenvalue weighted by Gasteiger charge is 2.43. The molecule has 0 saturated carbocycles. The molecule has 2 rings (SSSR count). The van der Waals surface area contributed by atoms with Crippen LogP contribution < -0.4 is 0 Å². The van der Waals surface area contributed by atoms with Crippen LogP contribution in [0, 0.1) is 0 Å². The van der Waals surface area contributed by atoms with Crippen molar-refractivity contribution in [2.45, 2.75) is 12.0 Å². The Balaban J connectivity index is 2.03. The third-order valence-electron chi connectivity index (χ3n) is 3.53. The molecule has 8 heteroatoms. The summed E-state index contributed by atoms with van der Waals surface area (Å²) in [5, 5.41) is 10.4. The first-order valence-electron chi connectivity index (χ1n) is 6.54. The highest BCUT2D eigenvalue weighted by molar-refractivity contribution is 7.86. The topological polar surface area (TPSA) is 73.3 Å². The van der Waals surface area contributed by atoms with E-state index < -0.39 is 15.8 Å². The zero-order chi connectivity index (χ0) is 14.1. The molecule has 2 saturated heterocycles. The van der Waals surface area contributed by atoms with Crippen molar-refractivity contribution in [1.29, 1.82) is 0 Å². The van der Waals surface area contributed by atoms with Gasteiger partial charge in [0.05, 0.1) is 18.8 Å². The first-order chi connectivity index (χ1) is 8.83. The summed E-state index contributed by atoms with van der Waals surface area (Å²) in [6, 6.07) is 0. The minimum atomic E-state index is -3.46. The van der Waals surface area contributed by atoms with Gasteiger partial charge in [-0.25, -0.2) is 0 Å². The molecular formula is C11H23N3O4S. The Bertz CT molecular complexity index is 408. The van der Waals surface area contributed by atoms with Crippen molar-refractivity contribution in [3.8, 4) is 0 Å². The maximum atomic E-state index is 12.4. The molecule has 2 aliphatic heterocycles. The van der Waals surface area contributed by atoms with Crippen molar-refractivity contribution in [3.63, 3.8) is 0 Å². The van der Waals surface area contributed by atoms with E-state index >= 15 is 0 Å². The minimum absolute atomic E-state index is 0.171. The number of rotatable bonds is 4. The van der Waals surface area contributed by atoms with Crippen LogP contribution in [0.5, 0.6) is 0 Å². The van der Waals surface area contributed by atoms with E-state index in [-0.39, 0.29) is 6.54 Å². The minimum Gasteiger partial charge on any atom is -0.387 e. The average Bonchev–Trinajstić information content (AvgIpc) is 2.72. The van der Waals surface area contributed by atoms with Crippen LogP contribution in [-0.4, -0.2) is 92.7 Å². The molecule has 0 amide bonds. The van der Waals surface area contributed by atoms with Gasteiger partial charge in [-0.15, -0.1) is 0 Å². The molecule has 0 aromatic rings. The fourth-order valence-electron chi connectivity index (χ4n) is 2.67. The van der Waals surface area contributed by atoms with E-state index in [1.54, 1.807) is 0 Å². The molecular weight excluding hydrogens is 270 g/mol. The van der Waals surface area contributed by atoms with E-state index in [1.807, 2.05) is 19.0 Å². The zero-order valence-corrected chi connectivity index (χ0v) is 12.4. The molecule has 0 bridgehead atoms. The second kappa shape index (κ2) is 5.63. The maximum absolute atomic E-state index is 12.4. The van der Waals surface area contributed by atoms with E-state index in [9.17, 15) is 13.5 Å². The fraction of sp³-hybridized carbons (Fsp3) is 1.00. The van der Waals surface area contributed by atoms with E-state index in [1.165, 1.54) is 8.61 Å². The number of nitrogens with zero attached hydrogens (tertiary/aromatic N) is 3. The molecule has 1 atom stereocenters. The van der Waals surface area contributed by atoms with Crippen molar-refractivity contribution in [3.05, 3.63) is 0 Å². The Hall–Kier alpha value is -0.250. The summed E-state index contributed by atoms with van der Waals surface area (Å²) in [5.41, 5.74) is -0.942. The van der Waals surface area contributed by atoms with Gasteiger partial charge in [-0.05, 0) is 20.5 Å². The molecule has 0 spiro atoms. The van der Waals surface area contributed by atoms with E-state index in [0.717, 1.165) is 0 Å². The van der Waals surface area contributed by atoms with Gasteiger partial charge in [0.15, 0.2) is 0 Å². The third kappa shape index (κ3) is 3.45. The predicted octanol–water partition coefficient (Wildman–Crippen LogP) is -1.44. The Morgan fingerprint density at radius 3 is 2.42 bits per heavy atom. The molecule has 1 N–H and O–H groups in total. The van der Waals surface area contributed by atoms with Gasteiger partial charge in [-0.3, -0.25) is 0 Å². The first-order valence-corrected chi connectivity index (χ1v) is 7.93. The number of β-amino-alcohol motifs (C(OH)–C–C–N with tert-alkyl or cyclic N) is 1. The average molecular weight is 293 g/mol. The Morgan fingerprint density at radius 1 is 1.21 bits per heavy atom. The van der Waals surface area contributed by atoms with Gasteiger partial charge in [-0.1, -0.05) is 0 Å². The van der Waals surface area contributed by atoms with Crippen molar-refractivity contribution in [1.82, 2.24) is 13.5 Å². The zero-order valence-electron chi connectivity index (χ0n) is 11.6. The Morgan fingerprint density at radius 2 is 1.84 bits per heavy atom. The second-order valence-corrected chi connectivity index (χ2v) is 7.49. The van der Waals surface area contributed by atoms with Gasteiger partial charge in [0.1, 0.15) is 0 Å². The van der Waals surface area contributed by atoms with Gasteiger partial charge in [0.2, 0.25) is 0 Å². The van der Waals surface area contributed by atoms with Crippen molar-refractivity contribution >= 4 is 10.2 Å². The number of hydrogen-bond donors (Lipinski definition) is 1. The quantitative estimate of drug-likeness (QED) is 0.687. The van der Waals surface area contributed by atoms with Crippen LogP contribution in [0.15, 0.2) is 0 Å². The van der Waals surface area contributed by atoms with Crippen LogP contribution in [0.25, 0.3) is 0 Å². The second-order valence-electron chi connectivity index (χ2n) is 5.56. The smallest absolute Gasteiger partial charge is 0.282 e. The lowest BCUT2D eigenvalue weighted by Gasteiger charge is -2.31. The molecule has 19 heavy (non-hydrogen) atoms. The first kappa shape index (κ1) is 15.1. The normalized spacial score (nSPS) is 31.2. The van der Waals surface area contributed by atoms with Crippen LogP contribution in [-0.2, 0) is 14.9 Å². The van der Waals surface area contributed by atoms with Crippen molar-refractivity contribution in [2.75, 3.05) is 60.0 Å². The molecule has 0 aliphatic carbocycles. The largest absolute Gasteiger partial charge is 0.387 e. The highest BCUT2D eigenvalue weighted by Crippen LogP contribution is 2.26. The summed E-state index contributed by atoms with van der Waals surface area (Å²) in [6.45, 7) is 2.69.